The number of thioether (sulfide) groups is 1. The van der Waals surface area contributed by atoms with Crippen molar-refractivity contribution in [2.45, 2.75) is 25.3 Å². The predicted molar refractivity (Wildman–Crippen MR) is 53.1 cm³/mol. The zero-order chi connectivity index (χ0) is 9.03. The van der Waals surface area contributed by atoms with Gasteiger partial charge in [0.2, 0.25) is 0 Å². The minimum absolute atomic E-state index is 0.235. The number of rotatable bonds is 5. The van der Waals surface area contributed by atoms with E-state index >= 15 is 0 Å². The fourth-order valence-corrected chi connectivity index (χ4v) is 2.38. The summed E-state index contributed by atoms with van der Waals surface area (Å²) in [6.45, 7) is 2.13. The van der Waals surface area contributed by atoms with Crippen LogP contribution in [0.4, 0.5) is 0 Å². The first-order valence-corrected chi connectivity index (χ1v) is 5.62. The average Bonchev–Trinajstić information content (AvgIpc) is 2.91. The first kappa shape index (κ1) is 9.88. The minimum Gasteiger partial charge on any atom is -0.302 e. The third-order valence-corrected chi connectivity index (χ3v) is 3.52. The number of hydrogen-bond donors (Lipinski definition) is 1. The molecule has 2 nitrogen and oxygen atoms in total. The van der Waals surface area contributed by atoms with E-state index in [2.05, 4.69) is 18.3 Å². The summed E-state index contributed by atoms with van der Waals surface area (Å²) >= 11 is 1.85. The van der Waals surface area contributed by atoms with Crippen molar-refractivity contribution in [2.75, 3.05) is 18.6 Å². The minimum atomic E-state index is -0.235. The molecule has 1 aliphatic carbocycles. The molecule has 0 spiro atoms. The molecule has 3 heteroatoms. The Morgan fingerprint density at radius 2 is 2.33 bits per heavy atom. The Labute approximate surface area is 78.7 Å². The van der Waals surface area contributed by atoms with E-state index in [1.165, 1.54) is 12.8 Å². The topological polar surface area (TPSA) is 35.8 Å². The van der Waals surface area contributed by atoms with Crippen LogP contribution in [0.1, 0.15) is 19.8 Å². The van der Waals surface area contributed by atoms with Crippen LogP contribution in [0, 0.1) is 17.2 Å². The van der Waals surface area contributed by atoms with Crippen LogP contribution in [0.3, 0.4) is 0 Å². The molecule has 0 aromatic rings. The van der Waals surface area contributed by atoms with Crippen molar-refractivity contribution in [1.82, 2.24) is 5.32 Å². The summed E-state index contributed by atoms with van der Waals surface area (Å²) in [4.78, 5) is 0. The van der Waals surface area contributed by atoms with Crippen molar-refractivity contribution in [3.63, 3.8) is 0 Å². The Kier molecular flexibility index (Phi) is 3.42. The van der Waals surface area contributed by atoms with E-state index in [1.54, 1.807) is 0 Å². The average molecular weight is 184 g/mol. The van der Waals surface area contributed by atoms with Crippen molar-refractivity contribution >= 4 is 11.8 Å². The van der Waals surface area contributed by atoms with Crippen LogP contribution in [0.2, 0.25) is 0 Å². The van der Waals surface area contributed by atoms with Crippen LogP contribution in [0.15, 0.2) is 0 Å². The molecule has 1 fully saturated rings. The second-order valence-electron chi connectivity index (χ2n) is 3.24. The first-order chi connectivity index (χ1) is 5.79. The third kappa shape index (κ3) is 1.94. The molecular weight excluding hydrogens is 168 g/mol. The summed E-state index contributed by atoms with van der Waals surface area (Å²) in [5.74, 6) is 2.63. The van der Waals surface area contributed by atoms with Gasteiger partial charge in [-0.05, 0) is 31.6 Å². The highest BCUT2D eigenvalue weighted by Gasteiger charge is 2.44. The van der Waals surface area contributed by atoms with Crippen LogP contribution in [-0.2, 0) is 0 Å². The van der Waals surface area contributed by atoms with Crippen LogP contribution in [0.25, 0.3) is 0 Å². The van der Waals surface area contributed by atoms with Crippen molar-refractivity contribution < 1.29 is 0 Å². The zero-order valence-corrected chi connectivity index (χ0v) is 8.58. The molecule has 1 atom stereocenters. The van der Waals surface area contributed by atoms with Crippen LogP contribution in [-0.4, -0.2) is 24.1 Å². The normalized spacial score (nSPS) is 21.4. The van der Waals surface area contributed by atoms with Gasteiger partial charge in [0, 0.05) is 5.75 Å². The van der Waals surface area contributed by atoms with Crippen molar-refractivity contribution in [3.8, 4) is 6.07 Å². The molecule has 1 unspecified atom stereocenters. The van der Waals surface area contributed by atoms with E-state index in [4.69, 9.17) is 5.26 Å². The van der Waals surface area contributed by atoms with Crippen LogP contribution >= 0.6 is 11.8 Å². The lowest BCUT2D eigenvalue weighted by Crippen LogP contribution is -2.46. The number of nitriles is 1. The van der Waals surface area contributed by atoms with Gasteiger partial charge in [-0.25, -0.2) is 0 Å². The molecule has 0 bridgehead atoms. The molecule has 0 aromatic heterocycles. The molecule has 1 rings (SSSR count). The van der Waals surface area contributed by atoms with Crippen LogP contribution < -0.4 is 5.32 Å². The Morgan fingerprint density at radius 3 is 2.67 bits per heavy atom. The zero-order valence-electron chi connectivity index (χ0n) is 7.76. The third-order valence-electron chi connectivity index (χ3n) is 2.45. The van der Waals surface area contributed by atoms with Crippen LogP contribution in [0.5, 0.6) is 0 Å². The molecule has 0 aromatic carbocycles. The van der Waals surface area contributed by atoms with E-state index in [9.17, 15) is 0 Å². The molecule has 1 saturated carbocycles. The summed E-state index contributed by atoms with van der Waals surface area (Å²) in [7, 11) is 1.90. The first-order valence-electron chi connectivity index (χ1n) is 4.47. The van der Waals surface area contributed by atoms with Gasteiger partial charge in [-0.15, -0.1) is 0 Å². The smallest absolute Gasteiger partial charge is 0.118 e. The van der Waals surface area contributed by atoms with E-state index in [0.29, 0.717) is 5.92 Å². The largest absolute Gasteiger partial charge is 0.302 e. The molecule has 0 saturated heterocycles. The number of nitrogens with one attached hydrogen (secondary N) is 1. The fraction of sp³-hybridized carbons (Fsp3) is 0.889. The SMILES string of the molecule is CCSCC(C#N)(NC)C1CC1. The van der Waals surface area contributed by atoms with Gasteiger partial charge in [-0.2, -0.15) is 17.0 Å². The lowest BCUT2D eigenvalue weighted by atomic mass is 9.98. The molecule has 1 aliphatic rings. The lowest BCUT2D eigenvalue weighted by molar-refractivity contribution is 0.441. The van der Waals surface area contributed by atoms with Gasteiger partial charge in [-0.1, -0.05) is 6.92 Å². The van der Waals surface area contributed by atoms with Gasteiger partial charge in [0.15, 0.2) is 0 Å². The Bertz CT molecular complexity index is 183. The summed E-state index contributed by atoms with van der Waals surface area (Å²) in [6.07, 6.45) is 2.44. The fourth-order valence-electron chi connectivity index (χ4n) is 1.41. The van der Waals surface area contributed by atoms with E-state index in [0.717, 1.165) is 11.5 Å². The van der Waals surface area contributed by atoms with Gasteiger partial charge in [0.25, 0.3) is 0 Å². The second kappa shape index (κ2) is 4.15. The number of nitrogens with zero attached hydrogens (tertiary/aromatic N) is 1. The molecule has 0 radical (unpaired) electrons. The highest BCUT2D eigenvalue weighted by atomic mass is 32.2. The van der Waals surface area contributed by atoms with E-state index < -0.39 is 0 Å². The summed E-state index contributed by atoms with van der Waals surface area (Å²) in [6, 6.07) is 2.43. The Balaban J connectivity index is 2.51. The monoisotopic (exact) mass is 184 g/mol. The van der Waals surface area contributed by atoms with Crippen molar-refractivity contribution in [2.24, 2.45) is 5.92 Å². The Hall–Kier alpha value is -0.200. The molecular formula is C9H16N2S. The molecule has 1 N–H and O–H groups in total. The molecule has 68 valence electrons. The van der Waals surface area contributed by atoms with Gasteiger partial charge in [-0.3, -0.25) is 0 Å². The highest BCUT2D eigenvalue weighted by Crippen LogP contribution is 2.40. The maximum atomic E-state index is 9.09. The van der Waals surface area contributed by atoms with Crippen molar-refractivity contribution in [1.29, 1.82) is 5.26 Å². The molecule has 0 heterocycles. The highest BCUT2D eigenvalue weighted by molar-refractivity contribution is 7.99. The van der Waals surface area contributed by atoms with Crippen molar-refractivity contribution in [3.05, 3.63) is 0 Å². The van der Waals surface area contributed by atoms with E-state index in [1.807, 2.05) is 18.8 Å². The molecule has 12 heavy (non-hydrogen) atoms. The van der Waals surface area contributed by atoms with Gasteiger partial charge < -0.3 is 5.32 Å². The molecule has 0 amide bonds. The van der Waals surface area contributed by atoms with Gasteiger partial charge in [0.1, 0.15) is 5.54 Å². The second-order valence-corrected chi connectivity index (χ2v) is 4.52. The predicted octanol–water partition coefficient (Wildman–Crippen LogP) is 1.63. The summed E-state index contributed by atoms with van der Waals surface area (Å²) in [5, 5.41) is 12.3. The lowest BCUT2D eigenvalue weighted by Gasteiger charge is -2.25. The maximum absolute atomic E-state index is 9.09. The number of hydrogen-bond acceptors (Lipinski definition) is 3. The van der Waals surface area contributed by atoms with Gasteiger partial charge >= 0.3 is 0 Å². The summed E-state index contributed by atoms with van der Waals surface area (Å²) in [5.41, 5.74) is -0.235. The van der Waals surface area contributed by atoms with Gasteiger partial charge in [0.05, 0.1) is 6.07 Å². The Morgan fingerprint density at radius 1 is 1.67 bits per heavy atom. The maximum Gasteiger partial charge on any atom is 0.118 e. The van der Waals surface area contributed by atoms with E-state index in [-0.39, 0.29) is 5.54 Å². The quantitative estimate of drug-likeness (QED) is 0.705. The summed E-state index contributed by atoms with van der Waals surface area (Å²) < 4.78 is 0. The molecule has 0 aliphatic heterocycles. The standard InChI is InChI=1S/C9H16N2S/c1-3-12-7-9(6-10,11-2)8-4-5-8/h8,11H,3-5,7H2,1-2H3.